The Bertz CT molecular complexity index is 178. The van der Waals surface area contributed by atoms with E-state index in [2.05, 4.69) is 0 Å². The van der Waals surface area contributed by atoms with Gasteiger partial charge in [0.2, 0.25) is 0 Å². The molecule has 1 rings (SSSR count). The molecule has 1 saturated heterocycles. The van der Waals surface area contributed by atoms with E-state index in [0.717, 1.165) is 6.42 Å². The van der Waals surface area contributed by atoms with Crippen molar-refractivity contribution in [3.8, 4) is 0 Å². The Hall–Kier alpha value is -0.260. The molecule has 0 aromatic heterocycles. The zero-order valence-corrected chi connectivity index (χ0v) is 8.51. The molecule has 0 radical (unpaired) electrons. The Kier molecular flexibility index (Phi) is 4.22. The number of methoxy groups -OCH3 is 1. The quantitative estimate of drug-likeness (QED) is 0.722. The van der Waals surface area contributed by atoms with Crippen LogP contribution in [-0.2, 0) is 4.74 Å². The zero-order valence-electron chi connectivity index (χ0n) is 8.51. The number of halogens is 2. The normalized spacial score (nSPS) is 27.0. The zero-order chi connectivity index (χ0) is 10.6. The second-order valence-electron chi connectivity index (χ2n) is 3.78. The Morgan fingerprint density at radius 3 is 2.86 bits per heavy atom. The summed E-state index contributed by atoms with van der Waals surface area (Å²) in [7, 11) is 1.54. The Morgan fingerprint density at radius 2 is 2.29 bits per heavy atom. The van der Waals surface area contributed by atoms with Gasteiger partial charge in [0.15, 0.2) is 0 Å². The van der Waals surface area contributed by atoms with Crippen LogP contribution in [0.25, 0.3) is 0 Å². The van der Waals surface area contributed by atoms with Crippen LogP contribution in [0, 0.1) is 0 Å². The first-order valence-corrected chi connectivity index (χ1v) is 4.90. The van der Waals surface area contributed by atoms with Gasteiger partial charge < -0.3 is 10.5 Å². The number of alkyl halides is 2. The molecule has 0 aromatic carbocycles. The lowest BCUT2D eigenvalue weighted by Crippen LogP contribution is -2.35. The molecule has 14 heavy (non-hydrogen) atoms. The van der Waals surface area contributed by atoms with E-state index in [1.54, 1.807) is 4.90 Å². The van der Waals surface area contributed by atoms with Gasteiger partial charge in [-0.25, -0.2) is 8.78 Å². The molecule has 0 amide bonds. The molecule has 1 atom stereocenters. The monoisotopic (exact) mass is 208 g/mol. The number of ether oxygens (including phenoxy) is 1. The summed E-state index contributed by atoms with van der Waals surface area (Å²) in [5.41, 5.74) is 5.35. The van der Waals surface area contributed by atoms with Crippen molar-refractivity contribution in [3.05, 3.63) is 0 Å². The summed E-state index contributed by atoms with van der Waals surface area (Å²) in [5.74, 6) is -2.56. The van der Waals surface area contributed by atoms with Crippen LogP contribution in [0.15, 0.2) is 0 Å². The van der Waals surface area contributed by atoms with E-state index in [4.69, 9.17) is 10.5 Å². The van der Waals surface area contributed by atoms with Crippen LogP contribution < -0.4 is 5.73 Å². The number of hydrogen-bond donors (Lipinski definition) is 1. The van der Waals surface area contributed by atoms with Gasteiger partial charge in [-0.1, -0.05) is 0 Å². The maximum Gasteiger partial charge on any atom is 0.262 e. The highest BCUT2D eigenvalue weighted by Gasteiger charge is 2.44. The molecule has 1 fully saturated rings. The highest BCUT2D eigenvalue weighted by molar-refractivity contribution is 4.90. The average molecular weight is 208 g/mol. The van der Waals surface area contributed by atoms with Crippen LogP contribution in [0.3, 0.4) is 0 Å². The molecule has 0 unspecified atom stereocenters. The number of likely N-dealkylation sites (tertiary alicyclic amines) is 1. The molecule has 2 N–H and O–H groups in total. The standard InChI is InChI=1S/C9H18F2N2O/c1-14-6-8-5-9(10,11)7-13(8)4-2-3-12/h8H,2-7,12H2,1H3/t8-/m1/s1. The summed E-state index contributed by atoms with van der Waals surface area (Å²) in [6, 6.07) is -0.151. The molecule has 3 nitrogen and oxygen atoms in total. The third kappa shape index (κ3) is 3.15. The summed E-state index contributed by atoms with van der Waals surface area (Å²) in [4.78, 5) is 1.77. The SMILES string of the molecule is COC[C@H]1CC(F)(F)CN1CCCN. The topological polar surface area (TPSA) is 38.5 Å². The van der Waals surface area contributed by atoms with Gasteiger partial charge in [-0.15, -0.1) is 0 Å². The van der Waals surface area contributed by atoms with Gasteiger partial charge in [-0.05, 0) is 19.5 Å². The number of nitrogens with zero attached hydrogens (tertiary/aromatic N) is 1. The minimum absolute atomic E-state index is 0.0919. The summed E-state index contributed by atoms with van der Waals surface area (Å²) in [5, 5.41) is 0. The van der Waals surface area contributed by atoms with Crippen LogP contribution >= 0.6 is 0 Å². The molecular weight excluding hydrogens is 190 g/mol. The molecule has 0 saturated carbocycles. The van der Waals surface area contributed by atoms with Gasteiger partial charge in [0.1, 0.15) is 0 Å². The van der Waals surface area contributed by atoms with Crippen molar-refractivity contribution in [3.63, 3.8) is 0 Å². The maximum absolute atomic E-state index is 13.1. The van der Waals surface area contributed by atoms with E-state index in [9.17, 15) is 8.78 Å². The summed E-state index contributed by atoms with van der Waals surface area (Å²) < 4.78 is 31.1. The van der Waals surface area contributed by atoms with E-state index in [0.29, 0.717) is 19.7 Å². The molecule has 0 bridgehead atoms. The molecule has 1 aliphatic rings. The minimum Gasteiger partial charge on any atom is -0.383 e. The minimum atomic E-state index is -2.56. The number of rotatable bonds is 5. The summed E-state index contributed by atoms with van der Waals surface area (Å²) >= 11 is 0. The lowest BCUT2D eigenvalue weighted by Gasteiger charge is -2.22. The first-order valence-electron chi connectivity index (χ1n) is 4.90. The van der Waals surface area contributed by atoms with Crippen molar-refractivity contribution in [2.75, 3.05) is 33.4 Å². The van der Waals surface area contributed by atoms with E-state index in [1.165, 1.54) is 7.11 Å². The average Bonchev–Trinajstić information content (AvgIpc) is 2.38. The van der Waals surface area contributed by atoms with Gasteiger partial charge in [-0.3, -0.25) is 4.90 Å². The van der Waals surface area contributed by atoms with Crippen molar-refractivity contribution >= 4 is 0 Å². The Morgan fingerprint density at radius 1 is 1.57 bits per heavy atom. The van der Waals surface area contributed by atoms with E-state index >= 15 is 0 Å². The largest absolute Gasteiger partial charge is 0.383 e. The smallest absolute Gasteiger partial charge is 0.262 e. The fourth-order valence-electron chi connectivity index (χ4n) is 1.88. The van der Waals surface area contributed by atoms with Gasteiger partial charge >= 0.3 is 0 Å². The van der Waals surface area contributed by atoms with Gasteiger partial charge in [0.25, 0.3) is 5.92 Å². The highest BCUT2D eigenvalue weighted by atomic mass is 19.3. The molecule has 1 aliphatic heterocycles. The van der Waals surface area contributed by atoms with Crippen LogP contribution in [0.4, 0.5) is 8.78 Å². The van der Waals surface area contributed by atoms with Gasteiger partial charge in [0, 0.05) is 19.6 Å². The highest BCUT2D eigenvalue weighted by Crippen LogP contribution is 2.31. The predicted octanol–water partition coefficient (Wildman–Crippen LogP) is 0.691. The van der Waals surface area contributed by atoms with Crippen LogP contribution in [0.2, 0.25) is 0 Å². The van der Waals surface area contributed by atoms with Crippen molar-refractivity contribution in [1.82, 2.24) is 4.90 Å². The van der Waals surface area contributed by atoms with Crippen LogP contribution in [-0.4, -0.2) is 50.2 Å². The van der Waals surface area contributed by atoms with E-state index in [-0.39, 0.29) is 19.0 Å². The number of nitrogens with two attached hydrogens (primary N) is 1. The molecular formula is C9H18F2N2O. The van der Waals surface area contributed by atoms with E-state index in [1.807, 2.05) is 0 Å². The molecule has 0 aliphatic carbocycles. The Labute approximate surface area is 83.2 Å². The first kappa shape index (κ1) is 11.8. The fourth-order valence-corrected chi connectivity index (χ4v) is 1.88. The number of hydrogen-bond acceptors (Lipinski definition) is 3. The third-order valence-electron chi connectivity index (χ3n) is 2.49. The summed E-state index contributed by atoms with van der Waals surface area (Å²) in [6.07, 6.45) is 0.668. The Balaban J connectivity index is 2.44. The maximum atomic E-state index is 13.1. The predicted molar refractivity (Wildman–Crippen MR) is 50.5 cm³/mol. The fraction of sp³-hybridized carbons (Fsp3) is 1.00. The second kappa shape index (κ2) is 5.00. The van der Waals surface area contributed by atoms with Gasteiger partial charge in [-0.2, -0.15) is 0 Å². The lowest BCUT2D eigenvalue weighted by atomic mass is 10.2. The van der Waals surface area contributed by atoms with Crippen molar-refractivity contribution < 1.29 is 13.5 Å². The summed E-state index contributed by atoms with van der Waals surface area (Å²) in [6.45, 7) is 1.41. The molecule has 84 valence electrons. The van der Waals surface area contributed by atoms with E-state index < -0.39 is 5.92 Å². The van der Waals surface area contributed by atoms with Crippen molar-refractivity contribution in [2.24, 2.45) is 5.73 Å². The van der Waals surface area contributed by atoms with Crippen LogP contribution in [0.5, 0.6) is 0 Å². The second-order valence-corrected chi connectivity index (χ2v) is 3.78. The van der Waals surface area contributed by atoms with Crippen molar-refractivity contribution in [2.45, 2.75) is 24.8 Å². The molecule has 0 aromatic rings. The lowest BCUT2D eigenvalue weighted by molar-refractivity contribution is 0.0116. The van der Waals surface area contributed by atoms with Crippen LogP contribution in [0.1, 0.15) is 12.8 Å². The third-order valence-corrected chi connectivity index (χ3v) is 2.49. The molecule has 1 heterocycles. The van der Waals surface area contributed by atoms with Crippen molar-refractivity contribution in [1.29, 1.82) is 0 Å². The van der Waals surface area contributed by atoms with Gasteiger partial charge in [0.05, 0.1) is 13.2 Å². The first-order chi connectivity index (χ1) is 6.59. The molecule has 5 heteroatoms. The molecule has 0 spiro atoms.